The molecule has 11 heteroatoms. The maximum atomic E-state index is 13.8. The van der Waals surface area contributed by atoms with Crippen molar-refractivity contribution < 1.29 is 17.7 Å². The number of aromatic nitrogens is 4. The molecule has 4 aromatic rings. The number of aryl methyl sites for hydroxylation is 3. The molecule has 5 rings (SSSR count). The quantitative estimate of drug-likeness (QED) is 0.292. The van der Waals surface area contributed by atoms with Gasteiger partial charge in [-0.1, -0.05) is 29.1 Å². The fourth-order valence-electron chi connectivity index (χ4n) is 3.93. The van der Waals surface area contributed by atoms with Crippen LogP contribution in [0.4, 0.5) is 13.2 Å². The number of hydrogen-bond donors (Lipinski definition) is 0. The lowest BCUT2D eigenvalue weighted by Crippen LogP contribution is -2.25. The molecule has 1 aromatic carbocycles. The minimum Gasteiger partial charge on any atom is -0.340 e. The number of thioether (sulfide) groups is 1. The number of rotatable bonds is 4. The molecule has 0 unspecified atom stereocenters. The van der Waals surface area contributed by atoms with E-state index in [4.69, 9.17) is 4.52 Å². The summed E-state index contributed by atoms with van der Waals surface area (Å²) < 4.78 is 47.5. The number of nitrogens with zero attached hydrogens (tertiary/aromatic N) is 4. The molecule has 32 heavy (non-hydrogen) atoms. The van der Waals surface area contributed by atoms with Crippen molar-refractivity contribution >= 4 is 33.3 Å². The number of alkyl halides is 3. The molecule has 1 aliphatic carbocycles. The Balaban J connectivity index is 1.74. The Labute approximate surface area is 188 Å². The van der Waals surface area contributed by atoms with E-state index in [1.54, 1.807) is 6.92 Å². The molecule has 1 aliphatic rings. The van der Waals surface area contributed by atoms with E-state index in [0.717, 1.165) is 58.5 Å². The van der Waals surface area contributed by atoms with E-state index in [0.29, 0.717) is 21.9 Å². The topological polar surface area (TPSA) is 73.8 Å². The molecule has 0 radical (unpaired) electrons. The van der Waals surface area contributed by atoms with Crippen LogP contribution in [0.2, 0.25) is 0 Å². The minimum absolute atomic E-state index is 0.167. The molecule has 0 saturated heterocycles. The van der Waals surface area contributed by atoms with Gasteiger partial charge in [0.25, 0.3) is 5.56 Å². The van der Waals surface area contributed by atoms with Crippen LogP contribution < -0.4 is 5.56 Å². The largest absolute Gasteiger partial charge is 0.418 e. The van der Waals surface area contributed by atoms with Gasteiger partial charge in [-0.15, -0.1) is 11.3 Å². The summed E-state index contributed by atoms with van der Waals surface area (Å²) in [4.78, 5) is 24.1. The molecule has 0 saturated carbocycles. The average molecular weight is 479 g/mol. The molecule has 3 aromatic heterocycles. The molecule has 0 spiro atoms. The zero-order chi connectivity index (χ0) is 22.5. The highest BCUT2D eigenvalue weighted by atomic mass is 32.2. The summed E-state index contributed by atoms with van der Waals surface area (Å²) in [5.74, 6) is 0.965. The van der Waals surface area contributed by atoms with E-state index < -0.39 is 17.3 Å². The Morgan fingerprint density at radius 1 is 1.19 bits per heavy atom. The van der Waals surface area contributed by atoms with Gasteiger partial charge in [-0.2, -0.15) is 18.2 Å². The van der Waals surface area contributed by atoms with Gasteiger partial charge in [0.2, 0.25) is 5.89 Å². The Morgan fingerprint density at radius 3 is 2.72 bits per heavy atom. The Hall–Kier alpha value is -2.66. The zero-order valence-corrected chi connectivity index (χ0v) is 18.5. The molecule has 166 valence electrons. The van der Waals surface area contributed by atoms with Gasteiger partial charge in [-0.25, -0.2) is 4.98 Å². The van der Waals surface area contributed by atoms with E-state index in [9.17, 15) is 18.0 Å². The Kier molecular flexibility index (Phi) is 5.32. The van der Waals surface area contributed by atoms with Crippen molar-refractivity contribution in [2.45, 2.75) is 49.7 Å². The summed E-state index contributed by atoms with van der Waals surface area (Å²) in [7, 11) is 0. The van der Waals surface area contributed by atoms with E-state index >= 15 is 0 Å². The fraction of sp³-hybridized carbons (Fsp3) is 0.333. The van der Waals surface area contributed by atoms with E-state index in [1.165, 1.54) is 29.5 Å². The number of fused-ring (bicyclic) bond motifs is 3. The predicted octanol–water partition coefficient (Wildman–Crippen LogP) is 5.33. The van der Waals surface area contributed by atoms with Crippen molar-refractivity contribution in [2.24, 2.45) is 0 Å². The van der Waals surface area contributed by atoms with Crippen LogP contribution in [0, 0.1) is 6.92 Å². The maximum absolute atomic E-state index is 13.8. The molecule has 0 amide bonds. The Morgan fingerprint density at radius 2 is 1.97 bits per heavy atom. The number of para-hydroxylation sites is 1. The van der Waals surface area contributed by atoms with Gasteiger partial charge < -0.3 is 4.52 Å². The van der Waals surface area contributed by atoms with Crippen LogP contribution >= 0.6 is 23.1 Å². The maximum Gasteiger partial charge on any atom is 0.418 e. The highest BCUT2D eigenvalue weighted by Crippen LogP contribution is 2.38. The highest BCUT2D eigenvalue weighted by Gasteiger charge is 2.35. The molecule has 0 aliphatic heterocycles. The van der Waals surface area contributed by atoms with E-state index in [-0.39, 0.29) is 16.6 Å². The van der Waals surface area contributed by atoms with Crippen molar-refractivity contribution in [1.29, 1.82) is 0 Å². The second-order valence-electron chi connectivity index (χ2n) is 7.46. The van der Waals surface area contributed by atoms with Gasteiger partial charge in [0.1, 0.15) is 4.83 Å². The second-order valence-corrected chi connectivity index (χ2v) is 9.49. The number of thiophene rings is 1. The summed E-state index contributed by atoms with van der Waals surface area (Å²) in [6.45, 7) is 1.65. The number of benzene rings is 1. The van der Waals surface area contributed by atoms with Crippen molar-refractivity contribution in [3.05, 3.63) is 62.3 Å². The van der Waals surface area contributed by atoms with Crippen LogP contribution in [0.15, 0.2) is 38.7 Å². The van der Waals surface area contributed by atoms with Gasteiger partial charge in [-0.3, -0.25) is 9.36 Å². The molecule has 3 heterocycles. The van der Waals surface area contributed by atoms with Crippen LogP contribution in [0.1, 0.15) is 40.6 Å². The fourth-order valence-corrected chi connectivity index (χ4v) is 6.08. The first kappa shape index (κ1) is 21.2. The monoisotopic (exact) mass is 478 g/mol. The lowest BCUT2D eigenvalue weighted by molar-refractivity contribution is -0.137. The number of hydrogen-bond acceptors (Lipinski definition) is 7. The average Bonchev–Trinajstić information content (AvgIpc) is 3.34. The summed E-state index contributed by atoms with van der Waals surface area (Å²) >= 11 is 2.57. The smallest absolute Gasteiger partial charge is 0.340 e. The minimum atomic E-state index is -4.62. The van der Waals surface area contributed by atoms with Gasteiger partial charge in [0.15, 0.2) is 11.0 Å². The third-order valence-corrected chi connectivity index (χ3v) is 7.43. The van der Waals surface area contributed by atoms with E-state index in [1.807, 2.05) is 0 Å². The van der Waals surface area contributed by atoms with Gasteiger partial charge in [-0.05, 0) is 43.4 Å². The SMILES string of the molecule is Cc1nc(CSc2nc3sc4c(c3c(=O)n2-c2ccccc2C(F)(F)F)CCCC4)no1. The van der Waals surface area contributed by atoms with Crippen molar-refractivity contribution in [3.63, 3.8) is 0 Å². The molecule has 0 bridgehead atoms. The molecule has 0 N–H and O–H groups in total. The molecular weight excluding hydrogens is 461 g/mol. The summed E-state index contributed by atoms with van der Waals surface area (Å²) in [6.07, 6.45) is -1.04. The van der Waals surface area contributed by atoms with Crippen LogP contribution in [-0.2, 0) is 24.8 Å². The van der Waals surface area contributed by atoms with Crippen LogP contribution in [0.5, 0.6) is 0 Å². The standard InChI is InChI=1S/C21H17F3N4O2S2/c1-11-25-16(27-30-11)10-31-20-26-18-17(12-6-2-5-9-15(12)32-18)19(29)28(20)14-8-4-3-7-13(14)21(22,23)24/h3-4,7-8H,2,5-6,9-10H2,1H3. The van der Waals surface area contributed by atoms with Crippen molar-refractivity contribution in [3.8, 4) is 5.69 Å². The Bertz CT molecular complexity index is 1370. The first-order valence-electron chi connectivity index (χ1n) is 9.99. The normalized spacial score (nSPS) is 14.1. The molecule has 0 fully saturated rings. The number of halogens is 3. The van der Waals surface area contributed by atoms with Gasteiger partial charge >= 0.3 is 6.18 Å². The van der Waals surface area contributed by atoms with Crippen LogP contribution in [0.25, 0.3) is 15.9 Å². The molecule has 0 atom stereocenters. The summed E-state index contributed by atoms with van der Waals surface area (Å²) in [5.41, 5.74) is -0.665. The zero-order valence-electron chi connectivity index (χ0n) is 16.9. The molecular formula is C21H17F3N4O2S2. The second kappa shape index (κ2) is 8.04. The summed E-state index contributed by atoms with van der Waals surface area (Å²) in [5, 5.41) is 4.43. The summed E-state index contributed by atoms with van der Waals surface area (Å²) in [6, 6.07) is 5.08. The van der Waals surface area contributed by atoms with Gasteiger partial charge in [0.05, 0.1) is 22.4 Å². The van der Waals surface area contributed by atoms with Crippen molar-refractivity contribution in [2.75, 3.05) is 0 Å². The predicted molar refractivity (Wildman–Crippen MR) is 115 cm³/mol. The molecule has 6 nitrogen and oxygen atoms in total. The third kappa shape index (κ3) is 3.73. The van der Waals surface area contributed by atoms with Crippen molar-refractivity contribution in [1.82, 2.24) is 19.7 Å². The third-order valence-electron chi connectivity index (χ3n) is 5.31. The highest BCUT2D eigenvalue weighted by molar-refractivity contribution is 7.98. The van der Waals surface area contributed by atoms with Crippen LogP contribution in [0.3, 0.4) is 0 Å². The first-order valence-corrected chi connectivity index (χ1v) is 11.8. The lowest BCUT2D eigenvalue weighted by atomic mass is 9.97. The van der Waals surface area contributed by atoms with E-state index in [2.05, 4.69) is 15.1 Å². The van der Waals surface area contributed by atoms with Gasteiger partial charge in [0, 0.05) is 11.8 Å². The lowest BCUT2D eigenvalue weighted by Gasteiger charge is -2.17. The first-order chi connectivity index (χ1) is 15.3. The van der Waals surface area contributed by atoms with Crippen LogP contribution in [-0.4, -0.2) is 19.7 Å².